The minimum atomic E-state index is 0.153. The first kappa shape index (κ1) is 21.4. The van der Waals surface area contributed by atoms with Crippen molar-refractivity contribution in [3.05, 3.63) is 54.6 Å². The van der Waals surface area contributed by atoms with E-state index in [-0.39, 0.29) is 32.8 Å². The quantitative estimate of drug-likeness (QED) is 0.252. The normalized spacial score (nSPS) is 11.8. The van der Waals surface area contributed by atoms with Crippen LogP contribution in [0.1, 0.15) is 0 Å². The monoisotopic (exact) mass is 414 g/mol. The predicted octanol–water partition coefficient (Wildman–Crippen LogP) is -0.884. The molecule has 0 amide bonds. The van der Waals surface area contributed by atoms with Crippen molar-refractivity contribution in [3.8, 4) is 11.1 Å². The highest BCUT2D eigenvalue weighted by Crippen LogP contribution is 2.40. The van der Waals surface area contributed by atoms with Crippen LogP contribution in [0.4, 0.5) is 0 Å². The molecule has 0 atom stereocenters. The van der Waals surface area contributed by atoms with E-state index in [1.54, 1.807) is 0 Å². The van der Waals surface area contributed by atoms with Gasteiger partial charge >= 0.3 is 0 Å². The Morgan fingerprint density at radius 2 is 0.912 bits per heavy atom. The third-order valence-electron chi connectivity index (χ3n) is 6.66. The van der Waals surface area contributed by atoms with Gasteiger partial charge in [-0.05, 0) is 38.7 Å². The SMILES string of the molecule is [B]c1c([B])c([B])c2c(oc3c([B])c([B])c([B])c(-c4c5ccccc5cc5ccccc45)c32)c1[B]. The van der Waals surface area contributed by atoms with Crippen LogP contribution in [0, 0.1) is 0 Å². The molecule has 140 valence electrons. The zero-order valence-electron chi connectivity index (χ0n) is 18.1. The van der Waals surface area contributed by atoms with Crippen LogP contribution in [0.15, 0.2) is 59.0 Å². The Bertz CT molecular complexity index is 1780. The van der Waals surface area contributed by atoms with E-state index in [1.165, 1.54) is 0 Å². The van der Waals surface area contributed by atoms with E-state index >= 15 is 0 Å². The summed E-state index contributed by atoms with van der Waals surface area (Å²) in [5.74, 6) is 0. The van der Waals surface area contributed by atoms with E-state index in [9.17, 15) is 0 Å². The van der Waals surface area contributed by atoms with Gasteiger partial charge in [0.1, 0.15) is 66.1 Å². The van der Waals surface area contributed by atoms with Gasteiger partial charge in [0.25, 0.3) is 0 Å². The Balaban J connectivity index is 1.98. The third-order valence-corrected chi connectivity index (χ3v) is 6.66. The molecule has 5 aromatic carbocycles. The average molecular weight is 413 g/mol. The molecular formula is C26H9B7O. The van der Waals surface area contributed by atoms with Gasteiger partial charge in [-0.2, -0.15) is 0 Å². The lowest BCUT2D eigenvalue weighted by molar-refractivity contribution is 0.675. The summed E-state index contributed by atoms with van der Waals surface area (Å²) >= 11 is 0. The summed E-state index contributed by atoms with van der Waals surface area (Å²) in [6, 6.07) is 18.3. The van der Waals surface area contributed by atoms with Crippen molar-refractivity contribution in [1.29, 1.82) is 0 Å². The molecule has 8 heteroatoms. The van der Waals surface area contributed by atoms with Gasteiger partial charge in [-0.25, -0.2) is 0 Å². The Kier molecular flexibility index (Phi) is 4.68. The second-order valence-electron chi connectivity index (χ2n) is 8.47. The average Bonchev–Trinajstić information content (AvgIpc) is 3.25. The molecule has 0 saturated carbocycles. The van der Waals surface area contributed by atoms with Crippen LogP contribution in [0.25, 0.3) is 54.6 Å². The summed E-state index contributed by atoms with van der Waals surface area (Å²) < 4.78 is 6.15. The Morgan fingerprint density at radius 3 is 1.50 bits per heavy atom. The highest BCUT2D eigenvalue weighted by Gasteiger charge is 2.24. The van der Waals surface area contributed by atoms with Gasteiger partial charge in [0.2, 0.25) is 0 Å². The van der Waals surface area contributed by atoms with Crippen LogP contribution < -0.4 is 38.2 Å². The number of fused-ring (bicyclic) bond motifs is 5. The molecule has 0 aliphatic heterocycles. The van der Waals surface area contributed by atoms with E-state index in [1.807, 2.05) is 36.4 Å². The summed E-state index contributed by atoms with van der Waals surface area (Å²) in [6.07, 6.45) is 0. The molecule has 6 aromatic rings. The van der Waals surface area contributed by atoms with Crippen molar-refractivity contribution < 1.29 is 4.42 Å². The van der Waals surface area contributed by atoms with Gasteiger partial charge in [0.05, 0.1) is 0 Å². The number of hydrogen-bond donors (Lipinski definition) is 0. The fraction of sp³-hybridized carbons (Fsp3) is 0. The van der Waals surface area contributed by atoms with Crippen molar-refractivity contribution in [2.24, 2.45) is 0 Å². The van der Waals surface area contributed by atoms with Crippen LogP contribution in [0.2, 0.25) is 0 Å². The Morgan fingerprint density at radius 1 is 0.441 bits per heavy atom. The number of furan rings is 1. The van der Waals surface area contributed by atoms with E-state index in [0.29, 0.717) is 33.0 Å². The summed E-state index contributed by atoms with van der Waals surface area (Å²) in [5.41, 5.74) is 3.67. The maximum absolute atomic E-state index is 6.70. The molecule has 0 aliphatic carbocycles. The molecule has 0 aliphatic rings. The molecule has 1 heterocycles. The maximum atomic E-state index is 6.70. The molecule has 0 spiro atoms. The topological polar surface area (TPSA) is 13.1 Å². The van der Waals surface area contributed by atoms with Gasteiger partial charge in [0.15, 0.2) is 0 Å². The second kappa shape index (κ2) is 7.44. The standard InChI is InChI=1S/C26H9B7O/c27-18-15(14-12-7-3-1-5-10(12)9-11-6-2-4-8-13(11)14)16-17-19(28)20(29)22(31)24(33)26(17)34-25(16)23(32)21(18)30/h1-9H. The van der Waals surface area contributed by atoms with Crippen molar-refractivity contribution in [1.82, 2.24) is 0 Å². The molecule has 14 radical (unpaired) electrons. The molecule has 0 saturated heterocycles. The molecule has 0 fully saturated rings. The van der Waals surface area contributed by atoms with Gasteiger partial charge in [-0.3, -0.25) is 0 Å². The summed E-state index contributed by atoms with van der Waals surface area (Å²) in [7, 11) is 44.6. The highest BCUT2D eigenvalue weighted by atomic mass is 16.3. The first-order valence-electron chi connectivity index (χ1n) is 10.7. The minimum absolute atomic E-state index is 0.153. The number of rotatable bonds is 1. The fourth-order valence-corrected chi connectivity index (χ4v) is 4.93. The molecule has 0 bridgehead atoms. The fourth-order valence-electron chi connectivity index (χ4n) is 4.93. The van der Waals surface area contributed by atoms with E-state index in [0.717, 1.165) is 27.1 Å². The highest BCUT2D eigenvalue weighted by molar-refractivity contribution is 6.68. The van der Waals surface area contributed by atoms with Crippen molar-refractivity contribution in [3.63, 3.8) is 0 Å². The summed E-state index contributed by atoms with van der Waals surface area (Å²) in [6.45, 7) is 0. The Labute approximate surface area is 206 Å². The van der Waals surface area contributed by atoms with Gasteiger partial charge in [-0.1, -0.05) is 70.4 Å². The molecule has 0 unspecified atom stereocenters. The minimum Gasteiger partial charge on any atom is -0.457 e. The van der Waals surface area contributed by atoms with Crippen LogP contribution in [-0.2, 0) is 0 Å². The van der Waals surface area contributed by atoms with Crippen LogP contribution in [-0.4, -0.2) is 54.9 Å². The number of benzene rings is 5. The zero-order valence-corrected chi connectivity index (χ0v) is 18.1. The van der Waals surface area contributed by atoms with Gasteiger partial charge in [-0.15, -0.1) is 16.4 Å². The molecule has 1 aromatic heterocycles. The lowest BCUT2D eigenvalue weighted by Gasteiger charge is -2.20. The smallest absolute Gasteiger partial charge is 0.128 e. The zero-order chi connectivity index (χ0) is 23.9. The van der Waals surface area contributed by atoms with Crippen molar-refractivity contribution >= 4 is 137 Å². The maximum Gasteiger partial charge on any atom is 0.128 e. The van der Waals surface area contributed by atoms with E-state index in [2.05, 4.69) is 18.2 Å². The van der Waals surface area contributed by atoms with Crippen LogP contribution in [0.5, 0.6) is 0 Å². The third kappa shape index (κ3) is 2.72. The Hall–Kier alpha value is -3.13. The van der Waals surface area contributed by atoms with E-state index in [4.69, 9.17) is 59.3 Å². The largest absolute Gasteiger partial charge is 0.457 e. The van der Waals surface area contributed by atoms with Gasteiger partial charge in [0, 0.05) is 10.8 Å². The molecule has 34 heavy (non-hydrogen) atoms. The molecule has 6 rings (SSSR count). The molecular weight excluding hydrogens is 404 g/mol. The lowest BCUT2D eigenvalue weighted by atomic mass is 9.64. The van der Waals surface area contributed by atoms with Crippen molar-refractivity contribution in [2.45, 2.75) is 0 Å². The first-order valence-corrected chi connectivity index (χ1v) is 10.7. The lowest BCUT2D eigenvalue weighted by Crippen LogP contribution is -2.47. The number of hydrogen-bond acceptors (Lipinski definition) is 1. The molecule has 1 nitrogen and oxygen atoms in total. The van der Waals surface area contributed by atoms with Crippen LogP contribution in [0.3, 0.4) is 0 Å². The molecule has 0 N–H and O–H groups in total. The van der Waals surface area contributed by atoms with Gasteiger partial charge < -0.3 is 4.42 Å². The van der Waals surface area contributed by atoms with Crippen LogP contribution >= 0.6 is 0 Å². The summed E-state index contributed by atoms with van der Waals surface area (Å²) in [5, 5.41) is 5.16. The summed E-state index contributed by atoms with van der Waals surface area (Å²) in [4.78, 5) is 0. The predicted molar refractivity (Wildman–Crippen MR) is 152 cm³/mol. The van der Waals surface area contributed by atoms with E-state index < -0.39 is 0 Å². The second-order valence-corrected chi connectivity index (χ2v) is 8.47. The van der Waals surface area contributed by atoms with Crippen molar-refractivity contribution in [2.75, 3.05) is 0 Å². The first-order chi connectivity index (χ1) is 16.3.